The number of hydrogen-bond acceptors (Lipinski definition) is 3. The Hall–Kier alpha value is -2.17. The number of amides is 1. The number of carbonyl (C=O) groups is 2. The number of aromatic nitrogens is 1. The monoisotopic (exact) mass is 262 g/mol. The first-order valence-electron chi connectivity index (χ1n) is 6.12. The number of nitrogens with zero attached hydrogens (tertiary/aromatic N) is 1. The van der Waals surface area contributed by atoms with Gasteiger partial charge in [-0.15, -0.1) is 6.58 Å². The van der Waals surface area contributed by atoms with Gasteiger partial charge >= 0.3 is 5.97 Å². The number of aliphatic carboxylic acids is 1. The highest BCUT2D eigenvalue weighted by Gasteiger charge is 2.16. The highest BCUT2D eigenvalue weighted by Crippen LogP contribution is 2.05. The van der Waals surface area contributed by atoms with Crippen molar-refractivity contribution < 1.29 is 14.7 Å². The van der Waals surface area contributed by atoms with Gasteiger partial charge in [0.05, 0.1) is 6.42 Å². The molecule has 0 radical (unpaired) electrons. The summed E-state index contributed by atoms with van der Waals surface area (Å²) in [6.45, 7) is 3.55. The molecule has 102 valence electrons. The van der Waals surface area contributed by atoms with Crippen LogP contribution in [0.15, 0.2) is 37.2 Å². The van der Waals surface area contributed by atoms with Gasteiger partial charge in [-0.05, 0) is 24.5 Å². The normalized spacial score (nSPS) is 11.6. The van der Waals surface area contributed by atoms with E-state index in [2.05, 4.69) is 16.9 Å². The Bertz CT molecular complexity index is 432. The molecule has 5 nitrogen and oxygen atoms in total. The summed E-state index contributed by atoms with van der Waals surface area (Å²) in [6, 6.07) is 3.23. The molecule has 1 aromatic rings. The second kappa shape index (κ2) is 8.02. The molecule has 0 aliphatic carbocycles. The van der Waals surface area contributed by atoms with Crippen LogP contribution in [0.1, 0.15) is 24.8 Å². The van der Waals surface area contributed by atoms with Crippen molar-refractivity contribution in [2.45, 2.75) is 31.7 Å². The maximum absolute atomic E-state index is 11.6. The van der Waals surface area contributed by atoms with Crippen molar-refractivity contribution >= 4 is 11.9 Å². The van der Waals surface area contributed by atoms with E-state index in [1.54, 1.807) is 24.5 Å². The summed E-state index contributed by atoms with van der Waals surface area (Å²) >= 11 is 0. The molecule has 0 saturated heterocycles. The van der Waals surface area contributed by atoms with Crippen LogP contribution in [0, 0.1) is 0 Å². The molecule has 0 aromatic carbocycles. The molecule has 2 N–H and O–H groups in total. The second-order valence-electron chi connectivity index (χ2n) is 4.26. The maximum Gasteiger partial charge on any atom is 0.305 e. The van der Waals surface area contributed by atoms with Crippen LogP contribution in [0.25, 0.3) is 0 Å². The highest BCUT2D eigenvalue weighted by molar-refractivity contribution is 5.77. The minimum absolute atomic E-state index is 0.102. The molecule has 19 heavy (non-hydrogen) atoms. The predicted octanol–water partition coefficient (Wildman–Crippen LogP) is 1.55. The van der Waals surface area contributed by atoms with Crippen molar-refractivity contribution in [2.24, 2.45) is 0 Å². The Labute approximate surface area is 112 Å². The third-order valence-corrected chi connectivity index (χ3v) is 2.57. The quantitative estimate of drug-likeness (QED) is 0.697. The van der Waals surface area contributed by atoms with E-state index in [9.17, 15) is 9.59 Å². The van der Waals surface area contributed by atoms with E-state index in [4.69, 9.17) is 5.11 Å². The lowest BCUT2D eigenvalue weighted by Gasteiger charge is -2.16. The minimum atomic E-state index is -0.932. The molecule has 0 bridgehead atoms. The fourth-order valence-corrected chi connectivity index (χ4v) is 1.72. The van der Waals surface area contributed by atoms with Crippen molar-refractivity contribution in [3.8, 4) is 0 Å². The molecular formula is C14H18N2O3. The van der Waals surface area contributed by atoms with Crippen LogP contribution in [0.4, 0.5) is 0 Å². The topological polar surface area (TPSA) is 79.3 Å². The molecule has 5 heteroatoms. The van der Waals surface area contributed by atoms with Gasteiger partial charge in [0, 0.05) is 24.9 Å². The van der Waals surface area contributed by atoms with Gasteiger partial charge < -0.3 is 10.4 Å². The average molecular weight is 262 g/mol. The van der Waals surface area contributed by atoms with Gasteiger partial charge in [-0.3, -0.25) is 14.6 Å². The van der Waals surface area contributed by atoms with Gasteiger partial charge in [0.25, 0.3) is 0 Å². The Morgan fingerprint density at radius 3 is 2.89 bits per heavy atom. The third kappa shape index (κ3) is 6.35. The SMILES string of the molecule is C=CCCC(=O)N[C@H](CC(=O)O)Cc1cccnc1. The molecule has 1 heterocycles. The minimum Gasteiger partial charge on any atom is -0.481 e. The molecule has 1 rings (SSSR count). The van der Waals surface area contributed by atoms with Crippen molar-refractivity contribution in [1.29, 1.82) is 0 Å². The first-order chi connectivity index (χ1) is 9.11. The lowest BCUT2D eigenvalue weighted by Crippen LogP contribution is -2.37. The largest absolute Gasteiger partial charge is 0.481 e. The number of carbonyl (C=O) groups excluding carboxylic acids is 1. The summed E-state index contributed by atoms with van der Waals surface area (Å²) in [6.07, 6.45) is 6.25. The lowest BCUT2D eigenvalue weighted by molar-refractivity contribution is -0.137. The molecule has 1 amide bonds. The van der Waals surface area contributed by atoms with E-state index < -0.39 is 12.0 Å². The zero-order chi connectivity index (χ0) is 14.1. The van der Waals surface area contributed by atoms with Crippen LogP contribution < -0.4 is 5.32 Å². The van der Waals surface area contributed by atoms with Crippen molar-refractivity contribution in [3.63, 3.8) is 0 Å². The summed E-state index contributed by atoms with van der Waals surface area (Å²) in [5.74, 6) is -1.09. The van der Waals surface area contributed by atoms with E-state index in [1.807, 2.05) is 6.07 Å². The fraction of sp³-hybridized carbons (Fsp3) is 0.357. The zero-order valence-electron chi connectivity index (χ0n) is 10.7. The van der Waals surface area contributed by atoms with Gasteiger partial charge in [0.1, 0.15) is 0 Å². The van der Waals surface area contributed by atoms with Crippen LogP contribution in [-0.4, -0.2) is 28.0 Å². The standard InChI is InChI=1S/C14H18N2O3/c1-2-3-6-13(17)16-12(9-14(18)19)8-11-5-4-7-15-10-11/h2,4-5,7,10,12H,1,3,6,8-9H2,(H,16,17)(H,18,19)/t12-/m0/s1. The van der Waals surface area contributed by atoms with E-state index in [0.29, 0.717) is 19.3 Å². The number of nitrogens with one attached hydrogen (secondary N) is 1. The number of pyridine rings is 1. The molecule has 0 aliphatic rings. The second-order valence-corrected chi connectivity index (χ2v) is 4.26. The fourth-order valence-electron chi connectivity index (χ4n) is 1.72. The Morgan fingerprint density at radius 2 is 2.32 bits per heavy atom. The van der Waals surface area contributed by atoms with Crippen LogP contribution in [0.5, 0.6) is 0 Å². The molecule has 0 saturated carbocycles. The zero-order valence-corrected chi connectivity index (χ0v) is 10.7. The Morgan fingerprint density at radius 1 is 1.53 bits per heavy atom. The van der Waals surface area contributed by atoms with Crippen LogP contribution in [-0.2, 0) is 16.0 Å². The van der Waals surface area contributed by atoms with Gasteiger partial charge in [-0.2, -0.15) is 0 Å². The molecule has 0 aliphatic heterocycles. The van der Waals surface area contributed by atoms with Gasteiger partial charge in [0.15, 0.2) is 0 Å². The van der Waals surface area contributed by atoms with Gasteiger partial charge in [0.2, 0.25) is 5.91 Å². The summed E-state index contributed by atoms with van der Waals surface area (Å²) in [5, 5.41) is 11.6. The number of carboxylic acid groups (broad SMARTS) is 1. The Kier molecular flexibility index (Phi) is 6.29. The molecule has 1 atom stereocenters. The van der Waals surface area contributed by atoms with Crippen molar-refractivity contribution in [3.05, 3.63) is 42.7 Å². The lowest BCUT2D eigenvalue weighted by atomic mass is 10.0. The van der Waals surface area contributed by atoms with E-state index >= 15 is 0 Å². The van der Waals surface area contributed by atoms with Crippen LogP contribution in [0.3, 0.4) is 0 Å². The van der Waals surface area contributed by atoms with E-state index in [-0.39, 0.29) is 12.3 Å². The molecule has 0 unspecified atom stereocenters. The van der Waals surface area contributed by atoms with E-state index in [0.717, 1.165) is 5.56 Å². The van der Waals surface area contributed by atoms with Gasteiger partial charge in [-0.25, -0.2) is 0 Å². The molecular weight excluding hydrogens is 244 g/mol. The number of allylic oxidation sites excluding steroid dienone is 1. The molecule has 0 spiro atoms. The summed E-state index contributed by atoms with van der Waals surface area (Å²) in [5.41, 5.74) is 0.901. The maximum atomic E-state index is 11.6. The predicted molar refractivity (Wildman–Crippen MR) is 71.6 cm³/mol. The summed E-state index contributed by atoms with van der Waals surface area (Å²) < 4.78 is 0. The van der Waals surface area contributed by atoms with E-state index in [1.165, 1.54) is 0 Å². The Balaban J connectivity index is 2.58. The summed E-state index contributed by atoms with van der Waals surface area (Å²) in [7, 11) is 0. The average Bonchev–Trinajstić information content (AvgIpc) is 2.36. The first-order valence-corrected chi connectivity index (χ1v) is 6.12. The number of hydrogen-bond donors (Lipinski definition) is 2. The molecule has 0 fully saturated rings. The summed E-state index contributed by atoms with van der Waals surface area (Å²) in [4.78, 5) is 26.4. The highest BCUT2D eigenvalue weighted by atomic mass is 16.4. The van der Waals surface area contributed by atoms with Crippen LogP contribution >= 0.6 is 0 Å². The van der Waals surface area contributed by atoms with Crippen molar-refractivity contribution in [1.82, 2.24) is 10.3 Å². The van der Waals surface area contributed by atoms with Crippen molar-refractivity contribution in [2.75, 3.05) is 0 Å². The van der Waals surface area contributed by atoms with Gasteiger partial charge in [-0.1, -0.05) is 12.1 Å². The smallest absolute Gasteiger partial charge is 0.305 e. The number of rotatable bonds is 8. The third-order valence-electron chi connectivity index (χ3n) is 2.57. The number of carboxylic acids is 1. The van der Waals surface area contributed by atoms with Crippen LogP contribution in [0.2, 0.25) is 0 Å². The first kappa shape index (κ1) is 14.9. The molecule has 1 aromatic heterocycles.